The zero-order valence-corrected chi connectivity index (χ0v) is 17.8. The third-order valence-corrected chi connectivity index (χ3v) is 6.52. The van der Waals surface area contributed by atoms with E-state index >= 15 is 0 Å². The SMILES string of the molecule is C=CC/C(=C\CCCCC1CCCCO1)CC#[C][Sn]([CH3])([CH3])[CH3]. The van der Waals surface area contributed by atoms with Crippen LogP contribution in [0.2, 0.25) is 14.8 Å². The van der Waals surface area contributed by atoms with Crippen molar-refractivity contribution in [1.82, 2.24) is 0 Å². The summed E-state index contributed by atoms with van der Waals surface area (Å²) in [5.41, 5.74) is 1.45. The van der Waals surface area contributed by atoms with Crippen molar-refractivity contribution in [2.24, 2.45) is 0 Å². The van der Waals surface area contributed by atoms with Crippen LogP contribution in [-0.2, 0) is 4.74 Å². The molecule has 0 aromatic carbocycles. The summed E-state index contributed by atoms with van der Waals surface area (Å²) in [5.74, 6) is 3.41. The van der Waals surface area contributed by atoms with Gasteiger partial charge in [0.2, 0.25) is 0 Å². The Morgan fingerprint density at radius 1 is 1.27 bits per heavy atom. The number of unbranched alkanes of at least 4 members (excludes halogenated alkanes) is 2. The minimum absolute atomic E-state index is 0.538. The Morgan fingerprint density at radius 2 is 2.09 bits per heavy atom. The van der Waals surface area contributed by atoms with E-state index in [-0.39, 0.29) is 0 Å². The van der Waals surface area contributed by atoms with E-state index in [1.165, 1.54) is 50.5 Å². The van der Waals surface area contributed by atoms with Crippen LogP contribution in [-0.4, -0.2) is 31.1 Å². The van der Waals surface area contributed by atoms with Gasteiger partial charge in [-0.05, 0) is 6.42 Å². The van der Waals surface area contributed by atoms with Crippen molar-refractivity contribution in [2.75, 3.05) is 6.61 Å². The molecule has 124 valence electrons. The molecule has 0 saturated carbocycles. The third kappa shape index (κ3) is 10.5. The molecule has 1 aliphatic rings. The van der Waals surface area contributed by atoms with Gasteiger partial charge in [-0.3, -0.25) is 0 Å². The quantitative estimate of drug-likeness (QED) is 0.210. The average molecular weight is 409 g/mol. The molecule has 0 aromatic rings. The summed E-state index contributed by atoms with van der Waals surface area (Å²) < 4.78 is 9.31. The maximum atomic E-state index is 5.79. The zero-order chi connectivity index (χ0) is 16.3. The molecule has 1 heterocycles. The summed E-state index contributed by atoms with van der Waals surface area (Å²) in [6.45, 7) is 4.85. The summed E-state index contributed by atoms with van der Waals surface area (Å²) in [6.07, 6.45) is 15.7. The summed E-state index contributed by atoms with van der Waals surface area (Å²) in [5, 5.41) is 0. The Labute approximate surface area is 142 Å². The predicted molar refractivity (Wildman–Crippen MR) is 101 cm³/mol. The van der Waals surface area contributed by atoms with Gasteiger partial charge in [0.15, 0.2) is 0 Å². The van der Waals surface area contributed by atoms with Crippen molar-refractivity contribution in [3.63, 3.8) is 0 Å². The van der Waals surface area contributed by atoms with E-state index in [4.69, 9.17) is 4.74 Å². The average Bonchev–Trinajstić information content (AvgIpc) is 2.46. The van der Waals surface area contributed by atoms with E-state index in [9.17, 15) is 0 Å². The van der Waals surface area contributed by atoms with E-state index in [2.05, 4.69) is 37.3 Å². The Bertz CT molecular complexity index is 400. The molecule has 1 aliphatic heterocycles. The maximum absolute atomic E-state index is 5.79. The standard InChI is InChI=1S/C17H25O.3CH3.Sn/c1-3-10-16(11-4-2)12-6-5-7-13-17-14-8-9-15-18-17;;;;/h3,12,17H,1,5-11,13-15H2;3*1H3;/b16-12+;;;;. The molecule has 1 fully saturated rings. The van der Waals surface area contributed by atoms with E-state index in [1.807, 2.05) is 6.08 Å². The topological polar surface area (TPSA) is 9.23 Å². The fourth-order valence-corrected chi connectivity index (χ4v) is 4.46. The fraction of sp³-hybridized carbons (Fsp3) is 0.700. The van der Waals surface area contributed by atoms with Crippen molar-refractivity contribution in [2.45, 2.75) is 78.7 Å². The van der Waals surface area contributed by atoms with Crippen molar-refractivity contribution in [3.05, 3.63) is 24.3 Å². The first-order valence-electron chi connectivity index (χ1n) is 8.91. The molecular formula is C20H34OSn. The van der Waals surface area contributed by atoms with Gasteiger partial charge in [-0.2, -0.15) is 0 Å². The monoisotopic (exact) mass is 410 g/mol. The van der Waals surface area contributed by atoms with Gasteiger partial charge in [0.1, 0.15) is 0 Å². The van der Waals surface area contributed by atoms with Crippen molar-refractivity contribution in [1.29, 1.82) is 0 Å². The van der Waals surface area contributed by atoms with E-state index in [1.54, 1.807) is 0 Å². The molecule has 2 heteroatoms. The van der Waals surface area contributed by atoms with Crippen LogP contribution >= 0.6 is 0 Å². The van der Waals surface area contributed by atoms with Crippen molar-refractivity contribution in [3.8, 4) is 9.86 Å². The van der Waals surface area contributed by atoms with Crippen LogP contribution in [0.1, 0.15) is 57.8 Å². The number of rotatable bonds is 8. The Kier molecular flexibility index (Phi) is 10.2. The van der Waals surface area contributed by atoms with Crippen LogP contribution in [0.25, 0.3) is 0 Å². The first-order chi connectivity index (χ1) is 10.5. The van der Waals surface area contributed by atoms with Crippen molar-refractivity contribution < 1.29 is 4.74 Å². The molecule has 1 saturated heterocycles. The number of allylic oxidation sites excluding steroid dienone is 3. The molecular weight excluding hydrogens is 375 g/mol. The van der Waals surface area contributed by atoms with Crippen LogP contribution < -0.4 is 0 Å². The van der Waals surface area contributed by atoms with Crippen LogP contribution in [0.3, 0.4) is 0 Å². The number of hydrogen-bond acceptors (Lipinski definition) is 1. The van der Waals surface area contributed by atoms with Gasteiger partial charge in [-0.1, -0.05) is 0 Å². The van der Waals surface area contributed by atoms with Crippen LogP contribution in [0.5, 0.6) is 0 Å². The predicted octanol–water partition coefficient (Wildman–Crippen LogP) is 5.89. The Hall–Kier alpha value is -0.201. The molecule has 0 N–H and O–H groups in total. The number of hydrogen-bond donors (Lipinski definition) is 0. The summed E-state index contributed by atoms with van der Waals surface area (Å²) in [4.78, 5) is 7.10. The molecule has 1 nitrogen and oxygen atoms in total. The minimum atomic E-state index is -1.92. The molecule has 0 bridgehead atoms. The normalized spacial score (nSPS) is 19.4. The van der Waals surface area contributed by atoms with E-state index in [0.29, 0.717) is 6.10 Å². The van der Waals surface area contributed by atoms with Gasteiger partial charge < -0.3 is 0 Å². The Balaban J connectivity index is 2.26. The molecule has 0 aliphatic carbocycles. The van der Waals surface area contributed by atoms with E-state index < -0.39 is 18.4 Å². The molecule has 0 spiro atoms. The third-order valence-electron chi connectivity index (χ3n) is 3.87. The second-order valence-electron chi connectivity index (χ2n) is 7.36. The molecule has 1 rings (SSSR count). The van der Waals surface area contributed by atoms with Gasteiger partial charge in [0.25, 0.3) is 0 Å². The van der Waals surface area contributed by atoms with Crippen LogP contribution in [0.4, 0.5) is 0 Å². The van der Waals surface area contributed by atoms with E-state index in [0.717, 1.165) is 19.4 Å². The van der Waals surface area contributed by atoms with Gasteiger partial charge >= 0.3 is 136 Å². The molecule has 22 heavy (non-hydrogen) atoms. The van der Waals surface area contributed by atoms with Crippen LogP contribution in [0, 0.1) is 9.86 Å². The molecule has 1 unspecified atom stereocenters. The molecule has 0 amide bonds. The second kappa shape index (κ2) is 11.4. The van der Waals surface area contributed by atoms with Crippen LogP contribution in [0.15, 0.2) is 24.3 Å². The first-order valence-corrected chi connectivity index (χ1v) is 18.9. The van der Waals surface area contributed by atoms with Gasteiger partial charge in [0, 0.05) is 0 Å². The summed E-state index contributed by atoms with van der Waals surface area (Å²) >= 11 is -1.92. The second-order valence-corrected chi connectivity index (χ2v) is 20.9. The van der Waals surface area contributed by atoms with Gasteiger partial charge in [-0.25, -0.2) is 0 Å². The molecule has 0 aromatic heterocycles. The summed E-state index contributed by atoms with van der Waals surface area (Å²) in [6, 6.07) is 0. The van der Waals surface area contributed by atoms with Gasteiger partial charge in [-0.15, -0.1) is 0 Å². The molecule has 0 radical (unpaired) electrons. The zero-order valence-electron chi connectivity index (χ0n) is 14.9. The molecule has 1 atom stereocenters. The summed E-state index contributed by atoms with van der Waals surface area (Å²) in [7, 11) is 0. The Morgan fingerprint density at radius 3 is 2.73 bits per heavy atom. The first kappa shape index (κ1) is 19.8. The van der Waals surface area contributed by atoms with Gasteiger partial charge in [0.05, 0.1) is 0 Å². The van der Waals surface area contributed by atoms with Crippen molar-refractivity contribution >= 4 is 18.4 Å². The number of ether oxygens (including phenoxy) is 1. The fourth-order valence-electron chi connectivity index (χ4n) is 2.69.